The van der Waals surface area contributed by atoms with E-state index in [0.717, 1.165) is 0 Å². The summed E-state index contributed by atoms with van der Waals surface area (Å²) in [7, 11) is 1.76. The van der Waals surface area contributed by atoms with Crippen LogP contribution in [0.1, 0.15) is 18.1 Å². The van der Waals surface area contributed by atoms with Gasteiger partial charge in [-0.05, 0) is 31.6 Å². The SMILES string of the molecule is CNCCC(O)C(O)c1cnc(Cl)nc1Cl. The first-order chi connectivity index (χ1) is 7.56. The molecule has 7 heteroatoms. The highest BCUT2D eigenvalue weighted by Gasteiger charge is 2.21. The van der Waals surface area contributed by atoms with E-state index in [-0.39, 0.29) is 16.0 Å². The molecule has 5 nitrogen and oxygen atoms in total. The molecule has 0 aliphatic rings. The number of aliphatic hydroxyl groups is 2. The Labute approximate surface area is 103 Å². The third kappa shape index (κ3) is 3.54. The number of rotatable bonds is 5. The number of nitrogens with zero attached hydrogens (tertiary/aromatic N) is 2. The Kier molecular flexibility index (Phi) is 5.37. The van der Waals surface area contributed by atoms with Crippen LogP contribution >= 0.6 is 23.2 Å². The first-order valence-electron chi connectivity index (χ1n) is 4.75. The van der Waals surface area contributed by atoms with Crippen molar-refractivity contribution in [2.75, 3.05) is 13.6 Å². The lowest BCUT2D eigenvalue weighted by Crippen LogP contribution is -2.23. The summed E-state index contributed by atoms with van der Waals surface area (Å²) in [5.74, 6) is 0. The highest BCUT2D eigenvalue weighted by molar-refractivity contribution is 6.32. The third-order valence-electron chi connectivity index (χ3n) is 2.11. The molecule has 0 bridgehead atoms. The lowest BCUT2D eigenvalue weighted by atomic mass is 10.1. The van der Waals surface area contributed by atoms with Gasteiger partial charge < -0.3 is 15.5 Å². The van der Waals surface area contributed by atoms with Crippen molar-refractivity contribution in [1.82, 2.24) is 15.3 Å². The maximum Gasteiger partial charge on any atom is 0.223 e. The molecule has 2 unspecified atom stereocenters. The highest BCUT2D eigenvalue weighted by Crippen LogP contribution is 2.24. The van der Waals surface area contributed by atoms with E-state index < -0.39 is 12.2 Å². The molecule has 90 valence electrons. The van der Waals surface area contributed by atoms with Gasteiger partial charge in [-0.1, -0.05) is 11.6 Å². The molecule has 0 radical (unpaired) electrons. The minimum Gasteiger partial charge on any atom is -0.390 e. The highest BCUT2D eigenvalue weighted by atomic mass is 35.5. The molecule has 0 fully saturated rings. The lowest BCUT2D eigenvalue weighted by molar-refractivity contribution is 0.0137. The number of aliphatic hydroxyl groups excluding tert-OH is 2. The molecular weight excluding hydrogens is 253 g/mol. The fourth-order valence-corrected chi connectivity index (χ4v) is 1.62. The van der Waals surface area contributed by atoms with Crippen LogP contribution in [-0.2, 0) is 0 Å². The van der Waals surface area contributed by atoms with Gasteiger partial charge in [0.15, 0.2) is 0 Å². The van der Waals surface area contributed by atoms with Gasteiger partial charge in [0.25, 0.3) is 0 Å². The van der Waals surface area contributed by atoms with Crippen LogP contribution in [0.25, 0.3) is 0 Å². The zero-order valence-corrected chi connectivity index (χ0v) is 10.2. The molecule has 0 spiro atoms. The van der Waals surface area contributed by atoms with E-state index in [1.165, 1.54) is 6.20 Å². The van der Waals surface area contributed by atoms with Crippen LogP contribution in [0.3, 0.4) is 0 Å². The Hall–Kier alpha value is -0.460. The summed E-state index contributed by atoms with van der Waals surface area (Å²) < 4.78 is 0. The van der Waals surface area contributed by atoms with E-state index in [0.29, 0.717) is 13.0 Å². The Bertz CT molecular complexity index is 352. The first kappa shape index (κ1) is 13.6. The molecule has 1 rings (SSSR count). The van der Waals surface area contributed by atoms with Crippen LogP contribution < -0.4 is 5.32 Å². The van der Waals surface area contributed by atoms with Crippen molar-refractivity contribution in [1.29, 1.82) is 0 Å². The van der Waals surface area contributed by atoms with Gasteiger partial charge in [-0.3, -0.25) is 0 Å². The van der Waals surface area contributed by atoms with E-state index in [1.807, 2.05) is 0 Å². The predicted molar refractivity (Wildman–Crippen MR) is 61.6 cm³/mol. The topological polar surface area (TPSA) is 78.3 Å². The summed E-state index contributed by atoms with van der Waals surface area (Å²) in [6.07, 6.45) is -0.325. The monoisotopic (exact) mass is 265 g/mol. The lowest BCUT2D eigenvalue weighted by Gasteiger charge is -2.18. The summed E-state index contributed by atoms with van der Waals surface area (Å²) >= 11 is 11.3. The fourth-order valence-electron chi connectivity index (χ4n) is 1.21. The second-order valence-electron chi connectivity index (χ2n) is 3.29. The minimum atomic E-state index is -1.11. The van der Waals surface area contributed by atoms with Gasteiger partial charge in [0.2, 0.25) is 5.28 Å². The summed E-state index contributed by atoms with van der Waals surface area (Å²) in [5, 5.41) is 22.4. The van der Waals surface area contributed by atoms with Gasteiger partial charge in [0.05, 0.1) is 6.10 Å². The van der Waals surface area contributed by atoms with Crippen molar-refractivity contribution in [3.63, 3.8) is 0 Å². The van der Waals surface area contributed by atoms with Crippen molar-refractivity contribution in [2.45, 2.75) is 18.6 Å². The van der Waals surface area contributed by atoms with E-state index in [4.69, 9.17) is 23.2 Å². The van der Waals surface area contributed by atoms with Gasteiger partial charge in [0.1, 0.15) is 11.3 Å². The maximum atomic E-state index is 9.80. The number of nitrogens with one attached hydrogen (secondary N) is 1. The molecule has 1 aromatic rings. The molecule has 0 saturated heterocycles. The molecular formula is C9H13Cl2N3O2. The van der Waals surface area contributed by atoms with E-state index in [1.54, 1.807) is 7.05 Å². The van der Waals surface area contributed by atoms with Gasteiger partial charge in [-0.15, -0.1) is 0 Å². The quantitative estimate of drug-likeness (QED) is 0.542. The summed E-state index contributed by atoms with van der Waals surface area (Å²) in [6.45, 7) is 0.588. The van der Waals surface area contributed by atoms with Crippen molar-refractivity contribution in [2.24, 2.45) is 0 Å². The van der Waals surface area contributed by atoms with Crippen molar-refractivity contribution in [3.8, 4) is 0 Å². The number of aromatic nitrogens is 2. The maximum absolute atomic E-state index is 9.80. The summed E-state index contributed by atoms with van der Waals surface area (Å²) in [4.78, 5) is 7.40. The molecule has 3 N–H and O–H groups in total. The van der Waals surface area contributed by atoms with Crippen LogP contribution in [0, 0.1) is 0 Å². The molecule has 0 saturated carbocycles. The largest absolute Gasteiger partial charge is 0.390 e. The van der Waals surface area contributed by atoms with Crippen molar-refractivity contribution < 1.29 is 10.2 Å². The Balaban J connectivity index is 2.75. The molecule has 1 heterocycles. The molecule has 0 aliphatic heterocycles. The van der Waals surface area contributed by atoms with Gasteiger partial charge in [0, 0.05) is 11.8 Å². The molecule has 0 aliphatic carbocycles. The number of halogens is 2. The Morgan fingerprint density at radius 1 is 1.44 bits per heavy atom. The molecule has 0 amide bonds. The van der Waals surface area contributed by atoms with E-state index >= 15 is 0 Å². The van der Waals surface area contributed by atoms with Crippen LogP contribution in [0.2, 0.25) is 10.4 Å². The summed E-state index contributed by atoms with van der Waals surface area (Å²) in [6, 6.07) is 0. The second-order valence-corrected chi connectivity index (χ2v) is 3.99. The third-order valence-corrected chi connectivity index (χ3v) is 2.60. The van der Waals surface area contributed by atoms with E-state index in [2.05, 4.69) is 15.3 Å². The average molecular weight is 266 g/mol. The summed E-state index contributed by atoms with van der Waals surface area (Å²) in [5.41, 5.74) is 0.273. The molecule has 16 heavy (non-hydrogen) atoms. The fraction of sp³-hybridized carbons (Fsp3) is 0.556. The minimum absolute atomic E-state index is 0.00525. The molecule has 0 aromatic carbocycles. The standard InChI is InChI=1S/C9H13Cl2N3O2/c1-12-3-2-6(15)7(16)5-4-13-9(11)14-8(5)10/h4,6-7,12,15-16H,2-3H2,1H3. The molecule has 2 atom stereocenters. The molecule has 1 aromatic heterocycles. The zero-order chi connectivity index (χ0) is 12.1. The average Bonchev–Trinajstić information content (AvgIpc) is 2.25. The van der Waals surface area contributed by atoms with Crippen LogP contribution in [0.4, 0.5) is 0 Å². The smallest absolute Gasteiger partial charge is 0.223 e. The first-order valence-corrected chi connectivity index (χ1v) is 5.50. The van der Waals surface area contributed by atoms with Crippen molar-refractivity contribution >= 4 is 23.2 Å². The normalized spacial score (nSPS) is 14.8. The van der Waals surface area contributed by atoms with Gasteiger partial charge >= 0.3 is 0 Å². The van der Waals surface area contributed by atoms with Crippen LogP contribution in [-0.4, -0.2) is 39.9 Å². The Morgan fingerprint density at radius 2 is 2.12 bits per heavy atom. The number of hydrogen-bond acceptors (Lipinski definition) is 5. The van der Waals surface area contributed by atoms with Gasteiger partial charge in [-0.2, -0.15) is 0 Å². The Morgan fingerprint density at radius 3 is 2.69 bits per heavy atom. The van der Waals surface area contributed by atoms with E-state index in [9.17, 15) is 10.2 Å². The predicted octanol–water partition coefficient (Wildman–Crippen LogP) is 0.787. The van der Waals surface area contributed by atoms with Crippen LogP contribution in [0.5, 0.6) is 0 Å². The van der Waals surface area contributed by atoms with Gasteiger partial charge in [-0.25, -0.2) is 9.97 Å². The van der Waals surface area contributed by atoms with Crippen LogP contribution in [0.15, 0.2) is 6.20 Å². The van der Waals surface area contributed by atoms with Crippen molar-refractivity contribution in [3.05, 3.63) is 22.2 Å². The zero-order valence-electron chi connectivity index (χ0n) is 8.69. The second kappa shape index (κ2) is 6.32. The number of hydrogen-bond donors (Lipinski definition) is 3.